The molecule has 1 aliphatic heterocycles. The van der Waals surface area contributed by atoms with E-state index in [9.17, 15) is 9.59 Å². The highest BCUT2D eigenvalue weighted by molar-refractivity contribution is 5.95. The van der Waals surface area contributed by atoms with Gasteiger partial charge in [0.2, 0.25) is 11.8 Å². The number of nitrogens with one attached hydrogen (secondary N) is 2. The number of carbonyl (C=O) groups excluding carboxylic acids is 2. The third kappa shape index (κ3) is 6.48. The topological polar surface area (TPSA) is 81.3 Å². The van der Waals surface area contributed by atoms with Gasteiger partial charge in [0.05, 0.1) is 5.92 Å². The van der Waals surface area contributed by atoms with Crippen LogP contribution in [-0.2, 0) is 9.59 Å². The Balaban J connectivity index is 1.29. The van der Waals surface area contributed by atoms with Crippen molar-refractivity contribution in [3.8, 4) is 0 Å². The van der Waals surface area contributed by atoms with Gasteiger partial charge in [-0.1, -0.05) is 50.3 Å². The lowest BCUT2D eigenvalue weighted by atomic mass is 9.94. The van der Waals surface area contributed by atoms with Crippen molar-refractivity contribution in [3.05, 3.63) is 65.4 Å². The number of aromatic amines is 1. The summed E-state index contributed by atoms with van der Waals surface area (Å²) in [6.45, 7) is 10.3. The summed E-state index contributed by atoms with van der Waals surface area (Å²) in [5.41, 5.74) is 4.46. The van der Waals surface area contributed by atoms with E-state index in [1.54, 1.807) is 6.08 Å². The molecule has 35 heavy (non-hydrogen) atoms. The molecule has 1 aromatic carbocycles. The summed E-state index contributed by atoms with van der Waals surface area (Å²) in [4.78, 5) is 29.4. The summed E-state index contributed by atoms with van der Waals surface area (Å²) in [7, 11) is 0. The fourth-order valence-corrected chi connectivity index (χ4v) is 4.40. The molecule has 1 aliphatic carbocycles. The minimum absolute atomic E-state index is 0.0633. The van der Waals surface area contributed by atoms with E-state index >= 15 is 0 Å². The van der Waals surface area contributed by atoms with Crippen molar-refractivity contribution in [1.82, 2.24) is 20.0 Å². The van der Waals surface area contributed by atoms with Crippen LogP contribution in [0.5, 0.6) is 0 Å². The average molecular weight is 476 g/mol. The first-order valence-electron chi connectivity index (χ1n) is 12.8. The molecule has 4 rings (SSSR count). The summed E-state index contributed by atoms with van der Waals surface area (Å²) < 4.78 is 0. The Bertz CT molecular complexity index is 1080. The average Bonchev–Trinajstić information content (AvgIpc) is 3.65. The summed E-state index contributed by atoms with van der Waals surface area (Å²) in [6, 6.07) is 10.1. The Hall–Kier alpha value is -3.19. The van der Waals surface area contributed by atoms with Crippen molar-refractivity contribution >= 4 is 23.2 Å². The summed E-state index contributed by atoms with van der Waals surface area (Å²) in [5, 5.41) is 10.2. The van der Waals surface area contributed by atoms with Crippen LogP contribution in [0.2, 0.25) is 0 Å². The lowest BCUT2D eigenvalue weighted by Gasteiger charge is -2.26. The normalized spacial score (nSPS) is 17.0. The van der Waals surface area contributed by atoms with Crippen LogP contribution in [0, 0.1) is 0 Å². The van der Waals surface area contributed by atoms with Gasteiger partial charge in [0.15, 0.2) is 5.82 Å². The molecule has 1 unspecified atom stereocenters. The molecule has 0 saturated heterocycles. The van der Waals surface area contributed by atoms with Crippen LogP contribution in [0.1, 0.15) is 68.7 Å². The van der Waals surface area contributed by atoms with Crippen LogP contribution in [-0.4, -0.2) is 64.5 Å². The molecule has 2 N–H and O–H groups in total. The highest BCUT2D eigenvalue weighted by Gasteiger charge is 2.26. The molecular formula is C28H37N5O2. The van der Waals surface area contributed by atoms with Gasteiger partial charge in [-0.25, -0.2) is 0 Å². The Labute approximate surface area is 208 Å². The second kappa shape index (κ2) is 11.5. The van der Waals surface area contributed by atoms with Gasteiger partial charge in [0, 0.05) is 43.4 Å². The number of carbonyl (C=O) groups is 2. The largest absolute Gasteiger partial charge is 0.335 e. The number of rotatable bonds is 10. The smallest absolute Gasteiger partial charge is 0.246 e. The van der Waals surface area contributed by atoms with Crippen molar-refractivity contribution in [1.29, 1.82) is 0 Å². The first-order chi connectivity index (χ1) is 17.0. The number of H-pyrrole nitrogens is 1. The van der Waals surface area contributed by atoms with E-state index in [4.69, 9.17) is 0 Å². The number of aromatic nitrogens is 2. The van der Waals surface area contributed by atoms with Gasteiger partial charge in [-0.3, -0.25) is 14.7 Å². The van der Waals surface area contributed by atoms with Crippen LogP contribution in [0.15, 0.2) is 48.6 Å². The molecule has 1 atom stereocenters. The highest BCUT2D eigenvalue weighted by atomic mass is 16.2. The summed E-state index contributed by atoms with van der Waals surface area (Å²) in [5.74, 6) is 0.901. The van der Waals surface area contributed by atoms with Crippen LogP contribution < -0.4 is 5.32 Å². The number of hydrogen-bond donors (Lipinski definition) is 2. The van der Waals surface area contributed by atoms with E-state index in [1.165, 1.54) is 18.4 Å². The van der Waals surface area contributed by atoms with Gasteiger partial charge in [-0.2, -0.15) is 5.10 Å². The van der Waals surface area contributed by atoms with Crippen molar-refractivity contribution in [3.63, 3.8) is 0 Å². The SMILES string of the molecule is CCN(CC)C/C=C/C(=O)N1CC=C(c2ccc(C(C)C(=O)Nc3cc(C4CC4)[nH]n3)cc2)CC1. The van der Waals surface area contributed by atoms with E-state index < -0.39 is 0 Å². The lowest BCUT2D eigenvalue weighted by molar-refractivity contribution is -0.125. The van der Waals surface area contributed by atoms with Crippen LogP contribution in [0.25, 0.3) is 5.57 Å². The van der Waals surface area contributed by atoms with Crippen LogP contribution >= 0.6 is 0 Å². The maximum absolute atomic E-state index is 12.7. The molecule has 7 nitrogen and oxygen atoms in total. The Morgan fingerprint density at radius 2 is 1.97 bits per heavy atom. The number of benzene rings is 1. The first kappa shape index (κ1) is 24.9. The quantitative estimate of drug-likeness (QED) is 0.494. The third-order valence-electron chi connectivity index (χ3n) is 7.08. The highest BCUT2D eigenvalue weighted by Crippen LogP contribution is 2.39. The monoisotopic (exact) mass is 475 g/mol. The van der Waals surface area contributed by atoms with E-state index in [-0.39, 0.29) is 17.7 Å². The van der Waals surface area contributed by atoms with Gasteiger partial charge in [-0.05, 0) is 56.0 Å². The standard InChI is InChI=1S/C28H37N5O2/c1-4-32(5-2)16-6-7-27(34)33-17-14-23(15-18-33)22-10-8-21(9-11-22)20(3)28(35)29-26-19-25(30-31-26)24-12-13-24/h6-11,14,19-20,24H,4-5,12-13,15-18H2,1-3H3,(H2,29,30,31,35)/b7-6+. The lowest BCUT2D eigenvalue weighted by Crippen LogP contribution is -2.33. The molecule has 1 aromatic heterocycles. The molecule has 2 aliphatic rings. The molecule has 2 heterocycles. The fraction of sp³-hybridized carbons (Fsp3) is 0.464. The van der Waals surface area contributed by atoms with Crippen molar-refractivity contribution < 1.29 is 9.59 Å². The molecule has 2 aromatic rings. The molecule has 2 amide bonds. The number of nitrogens with zero attached hydrogens (tertiary/aromatic N) is 3. The van der Waals surface area contributed by atoms with E-state index in [1.807, 2.05) is 36.1 Å². The number of anilines is 1. The van der Waals surface area contributed by atoms with Gasteiger partial charge < -0.3 is 15.1 Å². The molecule has 0 radical (unpaired) electrons. The molecule has 186 valence electrons. The minimum Gasteiger partial charge on any atom is -0.335 e. The fourth-order valence-electron chi connectivity index (χ4n) is 4.40. The molecule has 1 saturated carbocycles. The minimum atomic E-state index is -0.276. The predicted octanol–water partition coefficient (Wildman–Crippen LogP) is 4.54. The Morgan fingerprint density at radius 3 is 2.60 bits per heavy atom. The number of amides is 2. The second-order valence-corrected chi connectivity index (χ2v) is 9.47. The first-order valence-corrected chi connectivity index (χ1v) is 12.8. The number of hydrogen-bond acceptors (Lipinski definition) is 4. The Kier molecular flexibility index (Phi) is 8.18. The van der Waals surface area contributed by atoms with E-state index in [0.29, 0.717) is 24.8 Å². The Morgan fingerprint density at radius 1 is 1.23 bits per heavy atom. The third-order valence-corrected chi connectivity index (χ3v) is 7.08. The van der Waals surface area contributed by atoms with Crippen molar-refractivity contribution in [2.24, 2.45) is 0 Å². The van der Waals surface area contributed by atoms with Gasteiger partial charge in [-0.15, -0.1) is 0 Å². The maximum atomic E-state index is 12.7. The van der Waals surface area contributed by atoms with E-state index in [0.717, 1.165) is 42.9 Å². The van der Waals surface area contributed by atoms with Gasteiger partial charge >= 0.3 is 0 Å². The predicted molar refractivity (Wildman–Crippen MR) is 140 cm³/mol. The van der Waals surface area contributed by atoms with Gasteiger partial charge in [0.25, 0.3) is 0 Å². The zero-order valence-electron chi connectivity index (χ0n) is 21.1. The van der Waals surface area contributed by atoms with Crippen molar-refractivity contribution in [2.45, 2.75) is 51.9 Å². The molecule has 7 heteroatoms. The summed E-state index contributed by atoms with van der Waals surface area (Å²) >= 11 is 0. The molecular weight excluding hydrogens is 438 g/mol. The van der Waals surface area contributed by atoms with E-state index in [2.05, 4.69) is 52.5 Å². The maximum Gasteiger partial charge on any atom is 0.246 e. The van der Waals surface area contributed by atoms with Crippen LogP contribution in [0.3, 0.4) is 0 Å². The molecule has 0 bridgehead atoms. The van der Waals surface area contributed by atoms with Gasteiger partial charge in [0.1, 0.15) is 0 Å². The molecule has 1 fully saturated rings. The van der Waals surface area contributed by atoms with Crippen molar-refractivity contribution in [2.75, 3.05) is 38.0 Å². The molecule has 0 spiro atoms. The zero-order valence-corrected chi connectivity index (χ0v) is 21.1. The number of likely N-dealkylation sites (N-methyl/N-ethyl adjacent to an activating group) is 1. The van der Waals surface area contributed by atoms with Crippen LogP contribution in [0.4, 0.5) is 5.82 Å². The zero-order chi connectivity index (χ0) is 24.8. The second-order valence-electron chi connectivity index (χ2n) is 9.47. The summed E-state index contributed by atoms with van der Waals surface area (Å²) in [6.07, 6.45) is 9.01.